The lowest BCUT2D eigenvalue weighted by molar-refractivity contribution is 0.252. The summed E-state index contributed by atoms with van der Waals surface area (Å²) in [5.41, 5.74) is 2.05. The van der Waals surface area contributed by atoms with Crippen LogP contribution in [0, 0.1) is 11.3 Å². The molecule has 7 heteroatoms. The molecule has 28 heavy (non-hydrogen) atoms. The van der Waals surface area contributed by atoms with Gasteiger partial charge in [0, 0.05) is 16.5 Å². The van der Waals surface area contributed by atoms with Crippen LogP contribution in [0.25, 0.3) is 33.2 Å². The maximum Gasteiger partial charge on any atom is 0.288 e. The highest BCUT2D eigenvalue weighted by molar-refractivity contribution is 7.99. The smallest absolute Gasteiger partial charge is 0.288 e. The fraction of sp³-hybridized carbons (Fsp3) is 0.0476. The monoisotopic (exact) mass is 410 g/mol. The number of thioether (sulfide) groups is 1. The van der Waals surface area contributed by atoms with Crippen molar-refractivity contribution in [1.29, 1.82) is 5.26 Å². The standard InChI is InChI=1S/C21H12F2N2OS2/c22-21(23)27-16-8-5-13(6-9-16)18-10-7-15(26-18)11-14(12-24)20-25-17-3-1-2-4-19(17)28-20/h1-11,21H/b14-11+. The predicted molar refractivity (Wildman–Crippen MR) is 109 cm³/mol. The van der Waals surface area contributed by atoms with E-state index >= 15 is 0 Å². The molecule has 0 radical (unpaired) electrons. The first-order chi connectivity index (χ1) is 13.6. The highest BCUT2D eigenvalue weighted by Gasteiger charge is 2.11. The van der Waals surface area contributed by atoms with Crippen molar-refractivity contribution in [2.24, 2.45) is 0 Å². The molecule has 0 aliphatic carbocycles. The molecular formula is C21H12F2N2OS2. The number of para-hydroxylation sites is 1. The molecule has 0 unspecified atom stereocenters. The van der Waals surface area contributed by atoms with Crippen LogP contribution in [0.2, 0.25) is 0 Å². The number of furan rings is 1. The lowest BCUT2D eigenvalue weighted by atomic mass is 10.2. The minimum absolute atomic E-state index is 0.422. The van der Waals surface area contributed by atoms with Crippen LogP contribution >= 0.6 is 23.1 Å². The Labute approximate surface area is 167 Å². The lowest BCUT2D eigenvalue weighted by Gasteiger charge is -2.01. The lowest BCUT2D eigenvalue weighted by Crippen LogP contribution is -1.81. The van der Waals surface area contributed by atoms with Gasteiger partial charge in [-0.2, -0.15) is 14.0 Å². The third-order valence-corrected chi connectivity index (χ3v) is 5.71. The summed E-state index contributed by atoms with van der Waals surface area (Å²) in [5, 5.41) is 10.2. The minimum atomic E-state index is -2.45. The van der Waals surface area contributed by atoms with Gasteiger partial charge in [-0.15, -0.1) is 11.3 Å². The molecular weight excluding hydrogens is 398 g/mol. The molecule has 138 valence electrons. The van der Waals surface area contributed by atoms with Gasteiger partial charge in [0.15, 0.2) is 0 Å². The number of allylic oxidation sites excluding steroid dienone is 1. The summed E-state index contributed by atoms with van der Waals surface area (Å²) in [4.78, 5) is 4.99. The Bertz CT molecular complexity index is 1150. The van der Waals surface area contributed by atoms with Crippen molar-refractivity contribution < 1.29 is 13.2 Å². The van der Waals surface area contributed by atoms with Crippen molar-refractivity contribution in [3.8, 4) is 17.4 Å². The molecule has 4 aromatic rings. The Morgan fingerprint density at radius 2 is 1.89 bits per heavy atom. The zero-order valence-electron chi connectivity index (χ0n) is 14.3. The first kappa shape index (κ1) is 18.4. The molecule has 2 heterocycles. The second-order valence-corrected chi connectivity index (χ2v) is 7.86. The number of nitrogens with zero attached hydrogens (tertiary/aromatic N) is 2. The number of benzene rings is 2. The molecule has 0 saturated heterocycles. The van der Waals surface area contributed by atoms with E-state index in [-0.39, 0.29) is 0 Å². The van der Waals surface area contributed by atoms with Gasteiger partial charge in [-0.05, 0) is 36.4 Å². The van der Waals surface area contributed by atoms with Gasteiger partial charge in [0.25, 0.3) is 5.76 Å². The number of rotatable bonds is 5. The number of thiazole rings is 1. The van der Waals surface area contributed by atoms with Crippen molar-refractivity contribution >= 4 is 45.0 Å². The van der Waals surface area contributed by atoms with E-state index in [1.165, 1.54) is 11.3 Å². The van der Waals surface area contributed by atoms with E-state index in [0.717, 1.165) is 15.8 Å². The van der Waals surface area contributed by atoms with E-state index in [1.54, 1.807) is 42.5 Å². The maximum absolute atomic E-state index is 12.4. The summed E-state index contributed by atoms with van der Waals surface area (Å²) < 4.78 is 31.7. The molecule has 0 amide bonds. The fourth-order valence-corrected chi connectivity index (χ4v) is 4.09. The summed E-state index contributed by atoms with van der Waals surface area (Å²) in [7, 11) is 0. The average molecular weight is 410 g/mol. The molecule has 0 N–H and O–H groups in total. The van der Waals surface area contributed by atoms with E-state index in [4.69, 9.17) is 4.42 Å². The van der Waals surface area contributed by atoms with Crippen LogP contribution < -0.4 is 0 Å². The molecule has 0 spiro atoms. The largest absolute Gasteiger partial charge is 0.457 e. The normalized spacial score (nSPS) is 11.9. The van der Waals surface area contributed by atoms with Crippen molar-refractivity contribution in [3.63, 3.8) is 0 Å². The summed E-state index contributed by atoms with van der Waals surface area (Å²) >= 11 is 1.95. The van der Waals surface area contributed by atoms with Gasteiger partial charge in [-0.1, -0.05) is 36.0 Å². The number of hydrogen-bond donors (Lipinski definition) is 0. The third kappa shape index (κ3) is 3.98. The molecule has 2 aromatic heterocycles. The number of hydrogen-bond acceptors (Lipinski definition) is 5. The average Bonchev–Trinajstić information content (AvgIpc) is 3.33. The Kier molecular flexibility index (Phi) is 5.24. The highest BCUT2D eigenvalue weighted by atomic mass is 32.2. The first-order valence-corrected chi connectivity index (χ1v) is 9.95. The van der Waals surface area contributed by atoms with Crippen molar-refractivity contribution in [3.05, 3.63) is 71.4 Å². The third-order valence-electron chi connectivity index (χ3n) is 3.92. The number of fused-ring (bicyclic) bond motifs is 1. The van der Waals surface area contributed by atoms with Crippen molar-refractivity contribution in [1.82, 2.24) is 4.98 Å². The Hall–Kier alpha value is -2.95. The van der Waals surface area contributed by atoms with E-state index in [0.29, 0.717) is 38.8 Å². The quantitative estimate of drug-likeness (QED) is 0.264. The van der Waals surface area contributed by atoms with E-state index in [9.17, 15) is 14.0 Å². The molecule has 0 atom stereocenters. The second kappa shape index (κ2) is 7.97. The molecule has 2 aromatic carbocycles. The Balaban J connectivity index is 1.60. The van der Waals surface area contributed by atoms with Crippen molar-refractivity contribution in [2.45, 2.75) is 10.7 Å². The van der Waals surface area contributed by atoms with Crippen LogP contribution in [-0.4, -0.2) is 10.7 Å². The summed E-state index contributed by atoms with van der Waals surface area (Å²) in [6.45, 7) is 0. The predicted octanol–water partition coefficient (Wildman–Crippen LogP) is 6.94. The topological polar surface area (TPSA) is 49.8 Å². The molecule has 0 fully saturated rings. The number of nitriles is 1. The minimum Gasteiger partial charge on any atom is -0.457 e. The van der Waals surface area contributed by atoms with Gasteiger partial charge in [-0.25, -0.2) is 4.98 Å². The van der Waals surface area contributed by atoms with Crippen molar-refractivity contribution in [2.75, 3.05) is 0 Å². The van der Waals surface area contributed by atoms with E-state index < -0.39 is 5.76 Å². The van der Waals surface area contributed by atoms with Gasteiger partial charge >= 0.3 is 0 Å². The number of alkyl halides is 2. The molecule has 3 nitrogen and oxygen atoms in total. The second-order valence-electron chi connectivity index (χ2n) is 5.76. The van der Waals surface area contributed by atoms with Crippen LogP contribution in [0.15, 0.2) is 70.0 Å². The Morgan fingerprint density at radius 3 is 2.61 bits per heavy atom. The van der Waals surface area contributed by atoms with E-state index in [2.05, 4.69) is 11.1 Å². The van der Waals surface area contributed by atoms with Crippen LogP contribution in [0.4, 0.5) is 8.78 Å². The molecule has 0 saturated carbocycles. The SMILES string of the molecule is N#C/C(=C\c1ccc(-c2ccc(SC(F)F)cc2)o1)c1nc2ccccc2s1. The number of aromatic nitrogens is 1. The maximum atomic E-state index is 12.4. The van der Waals surface area contributed by atoms with Gasteiger partial charge in [0.2, 0.25) is 0 Å². The van der Waals surface area contributed by atoms with Crippen LogP contribution in [0.3, 0.4) is 0 Å². The molecule has 0 aliphatic rings. The zero-order chi connectivity index (χ0) is 19.5. The van der Waals surface area contributed by atoms with E-state index in [1.807, 2.05) is 24.3 Å². The molecule has 4 rings (SSSR count). The highest BCUT2D eigenvalue weighted by Crippen LogP contribution is 2.31. The van der Waals surface area contributed by atoms with Gasteiger partial charge in [-0.3, -0.25) is 0 Å². The summed E-state index contributed by atoms with van der Waals surface area (Å²) in [6, 6.07) is 20.2. The summed E-state index contributed by atoms with van der Waals surface area (Å²) in [6.07, 6.45) is 1.65. The number of halogens is 2. The van der Waals surface area contributed by atoms with Gasteiger partial charge < -0.3 is 4.42 Å². The summed E-state index contributed by atoms with van der Waals surface area (Å²) in [5.74, 6) is -1.32. The molecule has 0 bridgehead atoms. The van der Waals surface area contributed by atoms with Gasteiger partial charge in [0.1, 0.15) is 22.6 Å². The zero-order valence-corrected chi connectivity index (χ0v) is 15.9. The first-order valence-electron chi connectivity index (χ1n) is 8.25. The van der Waals surface area contributed by atoms with Crippen LogP contribution in [0.1, 0.15) is 10.8 Å². The molecule has 0 aliphatic heterocycles. The Morgan fingerprint density at radius 1 is 1.11 bits per heavy atom. The van der Waals surface area contributed by atoms with Gasteiger partial charge in [0.05, 0.1) is 15.8 Å². The fourth-order valence-electron chi connectivity index (χ4n) is 2.66. The van der Waals surface area contributed by atoms with Crippen LogP contribution in [-0.2, 0) is 0 Å². The van der Waals surface area contributed by atoms with Crippen LogP contribution in [0.5, 0.6) is 0 Å².